The van der Waals surface area contributed by atoms with Gasteiger partial charge in [0.1, 0.15) is 0 Å². The molecule has 0 atom stereocenters. The number of nitrogens with one attached hydrogen (secondary N) is 2. The fraction of sp³-hybridized carbons (Fsp3) is 0. The second-order valence-electron chi connectivity index (χ2n) is 5.22. The van der Waals surface area contributed by atoms with Crippen LogP contribution in [0.4, 0.5) is 5.95 Å². The molecule has 126 valence electrons. The molecule has 25 heavy (non-hydrogen) atoms. The lowest BCUT2D eigenvalue weighted by Crippen LogP contribution is -2.10. The standard InChI is InChI=1S/C8H8N4O.C8H7N3O/c9-7(13)4-1-2-5-6(3-4)12-8(10)11-5;9-8(12)5-1-2-6-7(3-5)11-4-10-6/h1-3H,(H2,9,13)(H3,10,11,12);1-4H,(H2,9,12)(H,10,11). The molecule has 0 saturated heterocycles. The highest BCUT2D eigenvalue weighted by Gasteiger charge is 2.04. The van der Waals surface area contributed by atoms with Gasteiger partial charge in [-0.15, -0.1) is 0 Å². The molecule has 2 aromatic heterocycles. The van der Waals surface area contributed by atoms with Gasteiger partial charge in [-0.1, -0.05) is 0 Å². The van der Waals surface area contributed by atoms with Crippen LogP contribution in [0.25, 0.3) is 22.1 Å². The number of anilines is 1. The Labute approximate surface area is 141 Å². The predicted octanol–water partition coefficient (Wildman–Crippen LogP) is 0.906. The van der Waals surface area contributed by atoms with Gasteiger partial charge in [0, 0.05) is 11.1 Å². The van der Waals surface area contributed by atoms with Gasteiger partial charge in [-0.2, -0.15) is 0 Å². The van der Waals surface area contributed by atoms with E-state index < -0.39 is 11.8 Å². The third-order valence-corrected chi connectivity index (χ3v) is 3.49. The quantitative estimate of drug-likeness (QED) is 0.365. The first-order valence-corrected chi connectivity index (χ1v) is 7.22. The summed E-state index contributed by atoms with van der Waals surface area (Å²) in [6, 6.07) is 10.0. The van der Waals surface area contributed by atoms with Crippen molar-refractivity contribution in [2.45, 2.75) is 0 Å². The Hall–Kier alpha value is -3.88. The molecule has 9 nitrogen and oxygen atoms in total. The summed E-state index contributed by atoms with van der Waals surface area (Å²) in [6.07, 6.45) is 1.58. The Morgan fingerprint density at radius 1 is 0.880 bits per heavy atom. The maximum Gasteiger partial charge on any atom is 0.248 e. The Bertz CT molecular complexity index is 1080. The number of imidazole rings is 2. The highest BCUT2D eigenvalue weighted by Crippen LogP contribution is 2.14. The van der Waals surface area contributed by atoms with Crippen LogP contribution >= 0.6 is 0 Å². The maximum atomic E-state index is 10.8. The molecule has 0 unspecified atom stereocenters. The summed E-state index contributed by atoms with van der Waals surface area (Å²) in [5.74, 6) is -0.557. The molecule has 0 aliphatic rings. The van der Waals surface area contributed by atoms with E-state index in [9.17, 15) is 9.59 Å². The number of amides is 2. The van der Waals surface area contributed by atoms with Gasteiger partial charge in [0.25, 0.3) is 0 Å². The van der Waals surface area contributed by atoms with Crippen molar-refractivity contribution < 1.29 is 9.59 Å². The van der Waals surface area contributed by atoms with E-state index in [0.717, 1.165) is 16.6 Å². The second-order valence-corrected chi connectivity index (χ2v) is 5.22. The first-order valence-electron chi connectivity index (χ1n) is 7.22. The number of benzene rings is 2. The third-order valence-electron chi connectivity index (χ3n) is 3.49. The average molecular weight is 337 g/mol. The van der Waals surface area contributed by atoms with E-state index in [2.05, 4.69) is 19.9 Å². The second kappa shape index (κ2) is 6.32. The summed E-state index contributed by atoms with van der Waals surface area (Å²) in [6.45, 7) is 0. The monoisotopic (exact) mass is 337 g/mol. The Morgan fingerprint density at radius 3 is 2.12 bits per heavy atom. The zero-order valence-electron chi connectivity index (χ0n) is 13.0. The molecule has 4 rings (SSSR count). The van der Waals surface area contributed by atoms with Crippen LogP contribution in [0.5, 0.6) is 0 Å². The molecule has 0 spiro atoms. The molecule has 4 aromatic rings. The van der Waals surface area contributed by atoms with E-state index in [0.29, 0.717) is 22.6 Å². The molecule has 9 heteroatoms. The van der Waals surface area contributed by atoms with E-state index in [-0.39, 0.29) is 0 Å². The molecule has 2 aromatic carbocycles. The minimum atomic E-state index is -0.463. The topological polar surface area (TPSA) is 170 Å². The van der Waals surface area contributed by atoms with Gasteiger partial charge in [-0.05, 0) is 36.4 Å². The largest absolute Gasteiger partial charge is 0.369 e. The first kappa shape index (κ1) is 16.0. The summed E-state index contributed by atoms with van der Waals surface area (Å²) in [5, 5.41) is 0. The molecule has 0 aliphatic carbocycles. The van der Waals surface area contributed by atoms with Crippen LogP contribution in [0.2, 0.25) is 0 Å². The lowest BCUT2D eigenvalue weighted by atomic mass is 10.2. The Balaban J connectivity index is 0.000000146. The van der Waals surface area contributed by atoms with E-state index in [4.69, 9.17) is 17.2 Å². The van der Waals surface area contributed by atoms with E-state index in [1.54, 1.807) is 42.7 Å². The molecular weight excluding hydrogens is 322 g/mol. The number of aromatic nitrogens is 4. The number of aromatic amines is 2. The molecule has 2 amide bonds. The van der Waals surface area contributed by atoms with Gasteiger partial charge < -0.3 is 27.2 Å². The van der Waals surface area contributed by atoms with Crippen molar-refractivity contribution in [1.82, 2.24) is 19.9 Å². The number of nitrogen functional groups attached to an aromatic ring is 1. The predicted molar refractivity (Wildman–Crippen MR) is 93.6 cm³/mol. The zero-order valence-corrected chi connectivity index (χ0v) is 13.0. The molecular formula is C16H15N7O2. The summed E-state index contributed by atoms with van der Waals surface area (Å²) in [4.78, 5) is 35.3. The number of hydrogen-bond donors (Lipinski definition) is 5. The number of nitrogens with zero attached hydrogens (tertiary/aromatic N) is 2. The average Bonchev–Trinajstić information content (AvgIpc) is 3.18. The van der Waals surface area contributed by atoms with Crippen molar-refractivity contribution in [3.05, 3.63) is 53.9 Å². The number of carbonyl (C=O) groups excluding carboxylic acids is 2. The minimum absolute atomic E-state index is 0.330. The fourth-order valence-electron chi connectivity index (χ4n) is 2.27. The van der Waals surface area contributed by atoms with Crippen molar-refractivity contribution in [1.29, 1.82) is 0 Å². The van der Waals surface area contributed by atoms with E-state index >= 15 is 0 Å². The third kappa shape index (κ3) is 3.39. The van der Waals surface area contributed by atoms with E-state index in [1.807, 2.05) is 0 Å². The van der Waals surface area contributed by atoms with Gasteiger partial charge in [0.05, 0.1) is 28.4 Å². The molecule has 2 heterocycles. The number of fused-ring (bicyclic) bond motifs is 2. The highest BCUT2D eigenvalue weighted by atomic mass is 16.1. The summed E-state index contributed by atoms with van der Waals surface area (Å²) in [7, 11) is 0. The fourth-order valence-corrected chi connectivity index (χ4v) is 2.27. The zero-order chi connectivity index (χ0) is 18.0. The lowest BCUT2D eigenvalue weighted by Gasteiger charge is -1.93. The maximum absolute atomic E-state index is 10.8. The van der Waals surface area contributed by atoms with E-state index in [1.165, 1.54) is 0 Å². The normalized spacial score (nSPS) is 10.4. The van der Waals surface area contributed by atoms with Crippen molar-refractivity contribution >= 4 is 39.8 Å². The molecule has 0 aliphatic heterocycles. The summed E-state index contributed by atoms with van der Waals surface area (Å²) in [5.41, 5.74) is 19.7. The molecule has 0 fully saturated rings. The minimum Gasteiger partial charge on any atom is -0.369 e. The number of hydrogen-bond acceptors (Lipinski definition) is 5. The van der Waals surface area contributed by atoms with Gasteiger partial charge in [0.15, 0.2) is 5.95 Å². The van der Waals surface area contributed by atoms with Gasteiger partial charge >= 0.3 is 0 Å². The number of carbonyl (C=O) groups is 2. The molecule has 0 saturated carbocycles. The lowest BCUT2D eigenvalue weighted by molar-refractivity contribution is 0.0992. The highest BCUT2D eigenvalue weighted by molar-refractivity contribution is 5.96. The number of primary amides is 2. The summed E-state index contributed by atoms with van der Waals surface area (Å²) < 4.78 is 0. The Kier molecular flexibility index (Phi) is 4.04. The van der Waals surface area contributed by atoms with Crippen LogP contribution in [0.15, 0.2) is 42.7 Å². The van der Waals surface area contributed by atoms with Gasteiger partial charge in [-0.25, -0.2) is 9.97 Å². The number of nitrogens with two attached hydrogens (primary N) is 3. The van der Waals surface area contributed by atoms with Gasteiger partial charge in [0.2, 0.25) is 11.8 Å². The van der Waals surface area contributed by atoms with Crippen LogP contribution in [-0.2, 0) is 0 Å². The molecule has 0 bridgehead atoms. The van der Waals surface area contributed by atoms with Crippen molar-refractivity contribution in [3.63, 3.8) is 0 Å². The van der Waals surface area contributed by atoms with Crippen molar-refractivity contribution in [3.8, 4) is 0 Å². The van der Waals surface area contributed by atoms with Crippen LogP contribution in [0, 0.1) is 0 Å². The molecule has 8 N–H and O–H groups in total. The number of rotatable bonds is 2. The van der Waals surface area contributed by atoms with Crippen LogP contribution in [-0.4, -0.2) is 31.8 Å². The SMILES string of the molecule is NC(=O)c1ccc2nc(N)[nH]c2c1.NC(=O)c1ccc2nc[nH]c2c1. The van der Waals surface area contributed by atoms with Crippen LogP contribution in [0.3, 0.4) is 0 Å². The van der Waals surface area contributed by atoms with Crippen molar-refractivity contribution in [2.75, 3.05) is 5.73 Å². The summed E-state index contributed by atoms with van der Waals surface area (Å²) >= 11 is 0. The van der Waals surface area contributed by atoms with Crippen LogP contribution < -0.4 is 17.2 Å². The Morgan fingerprint density at radius 2 is 1.48 bits per heavy atom. The van der Waals surface area contributed by atoms with Crippen molar-refractivity contribution in [2.24, 2.45) is 11.5 Å². The first-order chi connectivity index (χ1) is 11.9. The number of H-pyrrole nitrogens is 2. The molecule has 0 radical (unpaired) electrons. The van der Waals surface area contributed by atoms with Crippen LogP contribution in [0.1, 0.15) is 20.7 Å². The smallest absolute Gasteiger partial charge is 0.248 e. The van der Waals surface area contributed by atoms with Gasteiger partial charge in [-0.3, -0.25) is 9.59 Å².